The van der Waals surface area contributed by atoms with Gasteiger partial charge in [0, 0.05) is 12.6 Å². The number of nitrogens with zero attached hydrogens (tertiary/aromatic N) is 1. The van der Waals surface area contributed by atoms with Crippen molar-refractivity contribution in [2.45, 2.75) is 25.8 Å². The normalized spacial score (nSPS) is 12.5. The Morgan fingerprint density at radius 3 is 2.93 bits per heavy atom. The Hall–Kier alpha value is -1.16. The summed E-state index contributed by atoms with van der Waals surface area (Å²) in [5, 5.41) is 3.05. The molecule has 0 spiro atoms. The molecule has 4 heteroatoms. The smallest absolute Gasteiger partial charge is 0.141 e. The van der Waals surface area contributed by atoms with E-state index in [0.717, 1.165) is 12.8 Å². The van der Waals surface area contributed by atoms with Gasteiger partial charge in [-0.25, -0.2) is 9.37 Å². The van der Waals surface area contributed by atoms with Gasteiger partial charge in [-0.05, 0) is 18.6 Å². The summed E-state index contributed by atoms with van der Waals surface area (Å²) in [6.07, 6.45) is 3.24. The lowest BCUT2D eigenvalue weighted by molar-refractivity contribution is 0.617. The Balaban J connectivity index is 2.34. The van der Waals surface area contributed by atoms with E-state index in [-0.39, 0.29) is 11.9 Å². The molecule has 0 saturated carbocycles. The molecule has 0 bridgehead atoms. The summed E-state index contributed by atoms with van der Waals surface area (Å²) < 4.78 is 12.5. The Morgan fingerprint density at radius 1 is 1.57 bits per heavy atom. The number of hydrogen-bond acceptors (Lipinski definition) is 3. The maximum atomic E-state index is 12.5. The van der Waals surface area contributed by atoms with Crippen LogP contribution in [-0.2, 0) is 0 Å². The zero-order valence-corrected chi connectivity index (χ0v) is 8.33. The van der Waals surface area contributed by atoms with Gasteiger partial charge in [0.1, 0.15) is 11.6 Å². The van der Waals surface area contributed by atoms with Crippen LogP contribution >= 0.6 is 0 Å². The molecule has 0 saturated heterocycles. The van der Waals surface area contributed by atoms with Gasteiger partial charge < -0.3 is 11.1 Å². The standard InChI is InChI=1S/C10H16FN3/c1-2-3-9(12)7-14-10-5-4-8(11)6-13-10/h4-6,9H,2-3,7,12H2,1H3,(H,13,14). The molecule has 1 atom stereocenters. The molecular formula is C10H16FN3. The summed E-state index contributed by atoms with van der Waals surface area (Å²) >= 11 is 0. The number of hydrogen-bond donors (Lipinski definition) is 2. The highest BCUT2D eigenvalue weighted by atomic mass is 19.1. The molecule has 1 heterocycles. The van der Waals surface area contributed by atoms with Gasteiger partial charge in [0.2, 0.25) is 0 Å². The minimum Gasteiger partial charge on any atom is -0.369 e. The molecule has 0 amide bonds. The zero-order valence-electron chi connectivity index (χ0n) is 8.33. The van der Waals surface area contributed by atoms with Gasteiger partial charge >= 0.3 is 0 Å². The van der Waals surface area contributed by atoms with Gasteiger partial charge in [-0.3, -0.25) is 0 Å². The second kappa shape index (κ2) is 5.54. The fourth-order valence-corrected chi connectivity index (χ4v) is 1.19. The molecule has 0 fully saturated rings. The molecule has 0 aromatic carbocycles. The number of nitrogens with two attached hydrogens (primary N) is 1. The van der Waals surface area contributed by atoms with Gasteiger partial charge in [-0.2, -0.15) is 0 Å². The van der Waals surface area contributed by atoms with Crippen molar-refractivity contribution in [3.63, 3.8) is 0 Å². The van der Waals surface area contributed by atoms with Gasteiger partial charge in [0.15, 0.2) is 0 Å². The SMILES string of the molecule is CCCC(N)CNc1ccc(F)cn1. The van der Waals surface area contributed by atoms with Gasteiger partial charge in [-0.15, -0.1) is 0 Å². The average Bonchev–Trinajstić information content (AvgIpc) is 2.17. The Morgan fingerprint density at radius 2 is 2.36 bits per heavy atom. The lowest BCUT2D eigenvalue weighted by Gasteiger charge is -2.11. The molecular weight excluding hydrogens is 181 g/mol. The van der Waals surface area contributed by atoms with E-state index in [2.05, 4.69) is 17.2 Å². The molecule has 1 aromatic rings. The minimum absolute atomic E-state index is 0.131. The van der Waals surface area contributed by atoms with Gasteiger partial charge in [-0.1, -0.05) is 13.3 Å². The fourth-order valence-electron chi connectivity index (χ4n) is 1.19. The van der Waals surface area contributed by atoms with Crippen LogP contribution < -0.4 is 11.1 Å². The molecule has 1 rings (SSSR count). The molecule has 1 aromatic heterocycles. The summed E-state index contributed by atoms with van der Waals surface area (Å²) in [4.78, 5) is 3.87. The molecule has 14 heavy (non-hydrogen) atoms. The number of rotatable bonds is 5. The third kappa shape index (κ3) is 3.70. The van der Waals surface area contributed by atoms with Gasteiger partial charge in [0.25, 0.3) is 0 Å². The Kier molecular flexibility index (Phi) is 4.32. The maximum Gasteiger partial charge on any atom is 0.141 e. The lowest BCUT2D eigenvalue weighted by atomic mass is 10.2. The molecule has 1 unspecified atom stereocenters. The number of nitrogens with one attached hydrogen (secondary N) is 1. The Labute approximate surface area is 83.5 Å². The number of halogens is 1. The fraction of sp³-hybridized carbons (Fsp3) is 0.500. The van der Waals surface area contributed by atoms with E-state index in [9.17, 15) is 4.39 Å². The third-order valence-electron chi connectivity index (χ3n) is 1.93. The summed E-state index contributed by atoms with van der Waals surface area (Å²) in [6.45, 7) is 2.77. The van der Waals surface area contributed by atoms with Crippen molar-refractivity contribution in [3.8, 4) is 0 Å². The number of anilines is 1. The minimum atomic E-state index is -0.326. The zero-order chi connectivity index (χ0) is 10.4. The van der Waals surface area contributed by atoms with Crippen LogP contribution in [0.25, 0.3) is 0 Å². The molecule has 0 radical (unpaired) electrons. The van der Waals surface area contributed by atoms with E-state index in [0.29, 0.717) is 12.4 Å². The van der Waals surface area contributed by atoms with Crippen LogP contribution in [0.2, 0.25) is 0 Å². The van der Waals surface area contributed by atoms with Crippen molar-refractivity contribution < 1.29 is 4.39 Å². The van der Waals surface area contributed by atoms with Crippen molar-refractivity contribution in [2.24, 2.45) is 5.73 Å². The van der Waals surface area contributed by atoms with Crippen molar-refractivity contribution in [1.29, 1.82) is 0 Å². The lowest BCUT2D eigenvalue weighted by Crippen LogP contribution is -2.28. The number of pyridine rings is 1. The van der Waals surface area contributed by atoms with Crippen LogP contribution in [0.15, 0.2) is 18.3 Å². The van der Waals surface area contributed by atoms with Crippen molar-refractivity contribution >= 4 is 5.82 Å². The molecule has 78 valence electrons. The first kappa shape index (κ1) is 10.9. The van der Waals surface area contributed by atoms with E-state index in [1.165, 1.54) is 12.3 Å². The first-order valence-electron chi connectivity index (χ1n) is 4.83. The molecule has 0 aliphatic carbocycles. The third-order valence-corrected chi connectivity index (χ3v) is 1.93. The van der Waals surface area contributed by atoms with Crippen molar-refractivity contribution in [2.75, 3.05) is 11.9 Å². The van der Waals surface area contributed by atoms with Crippen LogP contribution in [-0.4, -0.2) is 17.6 Å². The molecule has 3 nitrogen and oxygen atoms in total. The second-order valence-electron chi connectivity index (χ2n) is 3.29. The highest BCUT2D eigenvalue weighted by molar-refractivity contribution is 5.33. The number of aromatic nitrogens is 1. The van der Waals surface area contributed by atoms with Crippen LogP contribution in [0.1, 0.15) is 19.8 Å². The summed E-state index contributed by atoms with van der Waals surface area (Å²) in [5.74, 6) is 0.339. The topological polar surface area (TPSA) is 50.9 Å². The van der Waals surface area contributed by atoms with Crippen LogP contribution in [0.3, 0.4) is 0 Å². The quantitative estimate of drug-likeness (QED) is 0.756. The summed E-state index contributed by atoms with van der Waals surface area (Å²) in [6, 6.07) is 3.11. The highest BCUT2D eigenvalue weighted by Gasteiger charge is 2.00. The van der Waals surface area contributed by atoms with Crippen LogP contribution in [0.5, 0.6) is 0 Å². The van der Waals surface area contributed by atoms with Crippen LogP contribution in [0.4, 0.5) is 10.2 Å². The largest absolute Gasteiger partial charge is 0.369 e. The predicted octanol–water partition coefficient (Wildman–Crippen LogP) is 1.76. The molecule has 3 N–H and O–H groups in total. The summed E-state index contributed by atoms with van der Waals surface area (Å²) in [7, 11) is 0. The Bertz CT molecular complexity index is 261. The monoisotopic (exact) mass is 197 g/mol. The van der Waals surface area contributed by atoms with E-state index in [1.807, 2.05) is 0 Å². The van der Waals surface area contributed by atoms with Crippen LogP contribution in [0, 0.1) is 5.82 Å². The second-order valence-corrected chi connectivity index (χ2v) is 3.29. The van der Waals surface area contributed by atoms with Crippen molar-refractivity contribution in [1.82, 2.24) is 4.98 Å². The first-order valence-corrected chi connectivity index (χ1v) is 4.83. The maximum absolute atomic E-state index is 12.5. The first-order chi connectivity index (χ1) is 6.72. The van der Waals surface area contributed by atoms with E-state index < -0.39 is 0 Å². The highest BCUT2D eigenvalue weighted by Crippen LogP contribution is 2.03. The predicted molar refractivity (Wildman–Crippen MR) is 55.6 cm³/mol. The van der Waals surface area contributed by atoms with Crippen molar-refractivity contribution in [3.05, 3.63) is 24.1 Å². The molecule has 0 aliphatic heterocycles. The molecule has 0 aliphatic rings. The van der Waals surface area contributed by atoms with E-state index in [4.69, 9.17) is 5.73 Å². The average molecular weight is 197 g/mol. The van der Waals surface area contributed by atoms with E-state index >= 15 is 0 Å². The van der Waals surface area contributed by atoms with Gasteiger partial charge in [0.05, 0.1) is 6.20 Å². The van der Waals surface area contributed by atoms with E-state index in [1.54, 1.807) is 6.07 Å². The summed E-state index contributed by atoms with van der Waals surface area (Å²) in [5.41, 5.74) is 5.80.